The molecule has 1 atom stereocenters. The minimum absolute atomic E-state index is 0.0976. The Morgan fingerprint density at radius 1 is 1.42 bits per heavy atom. The molecular formula is C11H19N3O3S2. The Balaban J connectivity index is 2.76. The SMILES string of the molecule is CC(NS(=O)(=O)c1cc(N)cs1)C(=O)NC(C)(C)C. The average Bonchev–Trinajstić information content (AvgIpc) is 2.62. The van der Waals surface area contributed by atoms with Crippen molar-refractivity contribution >= 4 is 33.0 Å². The number of nitrogens with one attached hydrogen (secondary N) is 2. The monoisotopic (exact) mass is 305 g/mol. The maximum atomic E-state index is 12.0. The lowest BCUT2D eigenvalue weighted by Gasteiger charge is -2.23. The fraction of sp³-hybridized carbons (Fsp3) is 0.545. The third-order valence-corrected chi connectivity index (χ3v) is 5.08. The van der Waals surface area contributed by atoms with Crippen LogP contribution in [0.4, 0.5) is 5.69 Å². The number of carbonyl (C=O) groups excluding carboxylic acids is 1. The van der Waals surface area contributed by atoms with Gasteiger partial charge in [-0.25, -0.2) is 8.42 Å². The van der Waals surface area contributed by atoms with Gasteiger partial charge in [0.25, 0.3) is 10.0 Å². The molecule has 0 fully saturated rings. The highest BCUT2D eigenvalue weighted by Gasteiger charge is 2.25. The van der Waals surface area contributed by atoms with Crippen LogP contribution in [-0.2, 0) is 14.8 Å². The van der Waals surface area contributed by atoms with Crippen LogP contribution in [0.3, 0.4) is 0 Å². The second kappa shape index (κ2) is 5.48. The van der Waals surface area contributed by atoms with E-state index in [1.807, 2.05) is 20.8 Å². The second-order valence-corrected chi connectivity index (χ2v) is 8.13. The van der Waals surface area contributed by atoms with E-state index >= 15 is 0 Å². The predicted molar refractivity (Wildman–Crippen MR) is 76.4 cm³/mol. The highest BCUT2D eigenvalue weighted by molar-refractivity contribution is 7.91. The zero-order chi connectivity index (χ0) is 14.8. The van der Waals surface area contributed by atoms with E-state index in [4.69, 9.17) is 5.73 Å². The number of carbonyl (C=O) groups is 1. The van der Waals surface area contributed by atoms with E-state index in [1.165, 1.54) is 18.4 Å². The molecule has 0 spiro atoms. The lowest BCUT2D eigenvalue weighted by atomic mass is 10.1. The van der Waals surface area contributed by atoms with Crippen molar-refractivity contribution in [3.8, 4) is 0 Å². The van der Waals surface area contributed by atoms with E-state index in [0.717, 1.165) is 11.3 Å². The highest BCUT2D eigenvalue weighted by atomic mass is 32.2. The Hall–Kier alpha value is -1.12. The fourth-order valence-electron chi connectivity index (χ4n) is 1.29. The molecule has 1 aromatic heterocycles. The third-order valence-electron chi connectivity index (χ3n) is 2.08. The minimum Gasteiger partial charge on any atom is -0.398 e. The first-order chi connectivity index (χ1) is 8.51. The van der Waals surface area contributed by atoms with Crippen LogP contribution in [0.1, 0.15) is 27.7 Å². The van der Waals surface area contributed by atoms with Crippen molar-refractivity contribution in [3.63, 3.8) is 0 Å². The summed E-state index contributed by atoms with van der Waals surface area (Å²) in [6, 6.07) is 0.508. The molecule has 1 rings (SSSR count). The van der Waals surface area contributed by atoms with E-state index in [1.54, 1.807) is 0 Å². The zero-order valence-electron chi connectivity index (χ0n) is 11.4. The summed E-state index contributed by atoms with van der Waals surface area (Å²) in [5, 5.41) is 4.25. The van der Waals surface area contributed by atoms with Crippen LogP contribution in [-0.4, -0.2) is 25.9 Å². The number of amides is 1. The zero-order valence-corrected chi connectivity index (χ0v) is 13.0. The topological polar surface area (TPSA) is 101 Å². The van der Waals surface area contributed by atoms with Crippen molar-refractivity contribution in [2.45, 2.75) is 43.5 Å². The highest BCUT2D eigenvalue weighted by Crippen LogP contribution is 2.21. The number of nitrogens with two attached hydrogens (primary N) is 1. The molecule has 1 aromatic rings. The smallest absolute Gasteiger partial charge is 0.250 e. The molecule has 0 radical (unpaired) electrons. The van der Waals surface area contributed by atoms with Crippen molar-refractivity contribution in [1.29, 1.82) is 0 Å². The van der Waals surface area contributed by atoms with Crippen LogP contribution in [0, 0.1) is 0 Å². The summed E-state index contributed by atoms with van der Waals surface area (Å²) in [4.78, 5) is 11.8. The minimum atomic E-state index is -3.71. The standard InChI is InChI=1S/C11H19N3O3S2/c1-7(10(15)13-11(2,3)4)14-19(16,17)9-5-8(12)6-18-9/h5-7,14H,12H2,1-4H3,(H,13,15). The molecule has 8 heteroatoms. The number of anilines is 1. The van der Waals surface area contributed by atoms with Crippen molar-refractivity contribution in [2.75, 3.05) is 5.73 Å². The molecule has 0 aliphatic rings. The quantitative estimate of drug-likeness (QED) is 0.769. The fourth-order valence-corrected chi connectivity index (χ4v) is 3.59. The summed E-state index contributed by atoms with van der Waals surface area (Å²) in [7, 11) is -3.71. The number of sulfonamides is 1. The van der Waals surface area contributed by atoms with E-state index < -0.39 is 21.6 Å². The number of hydrogen-bond donors (Lipinski definition) is 3. The maximum Gasteiger partial charge on any atom is 0.250 e. The summed E-state index contributed by atoms with van der Waals surface area (Å²) >= 11 is 1.02. The molecule has 0 saturated carbocycles. The Morgan fingerprint density at radius 2 is 2.00 bits per heavy atom. The molecule has 0 aliphatic heterocycles. The molecule has 108 valence electrons. The Labute approximate surface area is 117 Å². The summed E-state index contributed by atoms with van der Waals surface area (Å²) in [5.74, 6) is -0.374. The molecular weight excluding hydrogens is 286 g/mol. The lowest BCUT2D eigenvalue weighted by molar-refractivity contribution is -0.123. The van der Waals surface area contributed by atoms with Gasteiger partial charge < -0.3 is 11.1 Å². The largest absolute Gasteiger partial charge is 0.398 e. The molecule has 0 saturated heterocycles. The maximum absolute atomic E-state index is 12.0. The molecule has 0 bridgehead atoms. The molecule has 1 amide bonds. The van der Waals surface area contributed by atoms with Crippen molar-refractivity contribution in [3.05, 3.63) is 11.4 Å². The van der Waals surface area contributed by atoms with Gasteiger partial charge in [0.05, 0.1) is 6.04 Å². The van der Waals surface area contributed by atoms with E-state index in [0.29, 0.717) is 5.69 Å². The first-order valence-electron chi connectivity index (χ1n) is 5.69. The van der Waals surface area contributed by atoms with Gasteiger partial charge in [-0.2, -0.15) is 4.72 Å². The van der Waals surface area contributed by atoms with E-state index in [9.17, 15) is 13.2 Å². The molecule has 6 nitrogen and oxygen atoms in total. The summed E-state index contributed by atoms with van der Waals surface area (Å²) in [6.07, 6.45) is 0. The Bertz CT molecular complexity index is 558. The average molecular weight is 305 g/mol. The predicted octanol–water partition coefficient (Wildman–Crippen LogP) is 0.912. The van der Waals surface area contributed by atoms with E-state index in [2.05, 4.69) is 10.0 Å². The number of nitrogen functional groups attached to an aromatic ring is 1. The van der Waals surface area contributed by atoms with Crippen LogP contribution in [0.15, 0.2) is 15.7 Å². The summed E-state index contributed by atoms with van der Waals surface area (Å²) in [5.41, 5.74) is 5.46. The molecule has 0 aliphatic carbocycles. The number of thiophene rings is 1. The van der Waals surface area contributed by atoms with Crippen molar-refractivity contribution in [2.24, 2.45) is 0 Å². The van der Waals surface area contributed by atoms with Gasteiger partial charge in [-0.05, 0) is 33.8 Å². The van der Waals surface area contributed by atoms with Crippen LogP contribution in [0.25, 0.3) is 0 Å². The second-order valence-electron chi connectivity index (χ2n) is 5.28. The van der Waals surface area contributed by atoms with Gasteiger partial charge in [-0.15, -0.1) is 11.3 Å². The molecule has 0 aromatic carbocycles. The molecule has 1 heterocycles. The number of rotatable bonds is 4. The molecule has 1 unspecified atom stereocenters. The molecule has 19 heavy (non-hydrogen) atoms. The van der Waals surface area contributed by atoms with Gasteiger partial charge in [-0.3, -0.25) is 4.79 Å². The first-order valence-corrected chi connectivity index (χ1v) is 8.06. The first kappa shape index (κ1) is 15.9. The normalized spacial score (nSPS) is 14.1. The lowest BCUT2D eigenvalue weighted by Crippen LogP contribution is -2.50. The number of hydrogen-bond acceptors (Lipinski definition) is 5. The summed E-state index contributed by atoms with van der Waals surface area (Å²) < 4.78 is 26.4. The van der Waals surface area contributed by atoms with E-state index in [-0.39, 0.29) is 10.1 Å². The van der Waals surface area contributed by atoms with Crippen LogP contribution in [0.2, 0.25) is 0 Å². The van der Waals surface area contributed by atoms with Gasteiger partial charge >= 0.3 is 0 Å². The molecule has 4 N–H and O–H groups in total. The van der Waals surface area contributed by atoms with Gasteiger partial charge in [0.2, 0.25) is 5.91 Å². The van der Waals surface area contributed by atoms with Crippen LogP contribution < -0.4 is 15.8 Å². The van der Waals surface area contributed by atoms with Crippen molar-refractivity contribution in [1.82, 2.24) is 10.0 Å². The van der Waals surface area contributed by atoms with Gasteiger partial charge in [0.1, 0.15) is 4.21 Å². The van der Waals surface area contributed by atoms with Crippen molar-refractivity contribution < 1.29 is 13.2 Å². The Morgan fingerprint density at radius 3 is 2.42 bits per heavy atom. The third kappa shape index (κ3) is 4.81. The van der Waals surface area contributed by atoms with Gasteiger partial charge in [-0.1, -0.05) is 0 Å². The van der Waals surface area contributed by atoms with Gasteiger partial charge in [0.15, 0.2) is 0 Å². The summed E-state index contributed by atoms with van der Waals surface area (Å²) in [6.45, 7) is 6.97. The van der Waals surface area contributed by atoms with Crippen LogP contribution in [0.5, 0.6) is 0 Å². The van der Waals surface area contributed by atoms with Gasteiger partial charge in [0, 0.05) is 16.6 Å². The Kier molecular flexibility index (Phi) is 4.59. The van der Waals surface area contributed by atoms with Crippen LogP contribution >= 0.6 is 11.3 Å².